The smallest absolute Gasteiger partial charge is 0.239 e. The molecule has 0 aliphatic heterocycles. The van der Waals surface area contributed by atoms with Crippen molar-refractivity contribution < 1.29 is 28.1 Å². The third-order valence-electron chi connectivity index (χ3n) is 8.78. The minimum atomic E-state index is -0.818. The van der Waals surface area contributed by atoms with E-state index < -0.39 is 17.1 Å². The molecule has 0 aliphatic carbocycles. The van der Waals surface area contributed by atoms with Crippen LogP contribution < -0.4 is 29.1 Å². The fourth-order valence-corrected chi connectivity index (χ4v) is 5.81. The van der Waals surface area contributed by atoms with Gasteiger partial charge in [0.1, 0.15) is 22.5 Å². The zero-order valence-electron chi connectivity index (χ0n) is 32.0. The molecule has 17 nitrogen and oxygen atoms in total. The standard InChI is InChI=1S/C45H30N10O7/c46-41(27-6-1-13-51-21-27)57-32-19-35-37(36(20-32)61-44(49)30-9-4-16-54-24-30)38(56)40(62-45(50)31-10-5-17-55-25-31)39(58-35)26-11-12-33(59-42(47)28-7-2-14-52-22-28)34(18-26)60-43(48)29-8-3-15-53-23-29/h1-25,46-50H. The van der Waals surface area contributed by atoms with Crippen LogP contribution in [0.15, 0.2) is 162 Å². The van der Waals surface area contributed by atoms with E-state index in [1.807, 2.05) is 0 Å². The van der Waals surface area contributed by atoms with E-state index in [4.69, 9.17) is 55.1 Å². The third kappa shape index (κ3) is 8.76. The van der Waals surface area contributed by atoms with Crippen molar-refractivity contribution in [1.82, 2.24) is 24.9 Å². The lowest BCUT2D eigenvalue weighted by Gasteiger charge is -2.17. The number of hydrogen-bond donors (Lipinski definition) is 5. The highest BCUT2D eigenvalue weighted by molar-refractivity contribution is 6.00. The second kappa shape index (κ2) is 17.7. The minimum Gasteiger partial charge on any atom is -0.452 e. The average molecular weight is 823 g/mol. The fourth-order valence-electron chi connectivity index (χ4n) is 5.81. The zero-order valence-corrected chi connectivity index (χ0v) is 32.0. The van der Waals surface area contributed by atoms with Crippen molar-refractivity contribution in [3.63, 3.8) is 0 Å². The van der Waals surface area contributed by atoms with Gasteiger partial charge in [-0.2, -0.15) is 0 Å². The van der Waals surface area contributed by atoms with Crippen molar-refractivity contribution in [2.24, 2.45) is 0 Å². The SMILES string of the molecule is N=C(Oc1cc(OC(=N)c2cccnc2)c2c(=O)c(OC(=N)c3cccnc3)c(-c3ccc(OC(=N)c4cccnc4)c(OC(=N)c4cccnc4)c3)oc2c1)c1cccnc1. The van der Waals surface area contributed by atoms with Gasteiger partial charge in [0.15, 0.2) is 17.3 Å². The molecule has 0 saturated carbocycles. The van der Waals surface area contributed by atoms with Gasteiger partial charge in [0.2, 0.25) is 40.7 Å². The van der Waals surface area contributed by atoms with Gasteiger partial charge in [-0.15, -0.1) is 0 Å². The molecule has 0 fully saturated rings. The molecule has 0 radical (unpaired) electrons. The summed E-state index contributed by atoms with van der Waals surface area (Å²) in [6.07, 6.45) is 14.8. The Hall–Kier alpha value is -9.25. The maximum atomic E-state index is 14.9. The molecule has 6 aromatic heterocycles. The van der Waals surface area contributed by atoms with Crippen LogP contribution in [0.5, 0.6) is 28.7 Å². The van der Waals surface area contributed by atoms with Crippen LogP contribution in [-0.4, -0.2) is 54.4 Å². The molecule has 2 aromatic carbocycles. The molecule has 17 heteroatoms. The van der Waals surface area contributed by atoms with E-state index in [0.717, 1.165) is 0 Å². The van der Waals surface area contributed by atoms with E-state index >= 15 is 0 Å². The molecule has 0 bridgehead atoms. The molecule has 0 spiro atoms. The number of pyridine rings is 5. The number of nitrogens with one attached hydrogen (secondary N) is 5. The topological polar surface area (TPSA) is 260 Å². The number of ether oxygens (including phenoxy) is 5. The Morgan fingerprint density at radius 1 is 0.452 bits per heavy atom. The first kappa shape index (κ1) is 39.6. The first-order valence-electron chi connectivity index (χ1n) is 18.3. The lowest BCUT2D eigenvalue weighted by atomic mass is 10.1. The summed E-state index contributed by atoms with van der Waals surface area (Å²) in [7, 11) is 0. The number of benzene rings is 2. The molecule has 0 saturated heterocycles. The molecule has 0 aliphatic rings. The molecule has 0 unspecified atom stereocenters. The van der Waals surface area contributed by atoms with Gasteiger partial charge < -0.3 is 28.1 Å². The summed E-state index contributed by atoms with van der Waals surface area (Å²) in [5.41, 5.74) is 0.757. The highest BCUT2D eigenvalue weighted by atomic mass is 16.5. The maximum Gasteiger partial charge on any atom is 0.239 e. The van der Waals surface area contributed by atoms with E-state index in [0.29, 0.717) is 16.7 Å². The van der Waals surface area contributed by atoms with E-state index in [2.05, 4.69) is 24.9 Å². The Morgan fingerprint density at radius 2 is 0.871 bits per heavy atom. The average Bonchev–Trinajstić information content (AvgIpc) is 3.31. The Balaban J connectivity index is 1.31. The highest BCUT2D eigenvalue weighted by Gasteiger charge is 2.26. The van der Waals surface area contributed by atoms with Crippen LogP contribution in [0, 0.1) is 27.0 Å². The molecule has 8 aromatic rings. The third-order valence-corrected chi connectivity index (χ3v) is 8.78. The van der Waals surface area contributed by atoms with Gasteiger partial charge in [0.25, 0.3) is 0 Å². The van der Waals surface area contributed by atoms with Gasteiger partial charge in [-0.1, -0.05) is 0 Å². The van der Waals surface area contributed by atoms with Gasteiger partial charge >= 0.3 is 0 Å². The van der Waals surface area contributed by atoms with Gasteiger partial charge in [0.05, 0.1) is 27.8 Å². The molecule has 62 heavy (non-hydrogen) atoms. The largest absolute Gasteiger partial charge is 0.452 e. The Bertz CT molecular complexity index is 3050. The van der Waals surface area contributed by atoms with Crippen LogP contribution >= 0.6 is 0 Å². The Morgan fingerprint density at radius 3 is 1.32 bits per heavy atom. The van der Waals surface area contributed by atoms with E-state index in [9.17, 15) is 4.79 Å². The first-order valence-corrected chi connectivity index (χ1v) is 18.3. The molecular weight excluding hydrogens is 793 g/mol. The van der Waals surface area contributed by atoms with Gasteiger partial charge in [0, 0.05) is 79.7 Å². The summed E-state index contributed by atoms with van der Waals surface area (Å²) < 4.78 is 36.5. The van der Waals surface area contributed by atoms with Gasteiger partial charge in [-0.3, -0.25) is 56.8 Å². The number of aromatic nitrogens is 5. The second-order valence-electron chi connectivity index (χ2n) is 12.9. The molecule has 0 atom stereocenters. The number of rotatable bonds is 11. The van der Waals surface area contributed by atoms with Crippen LogP contribution in [0.1, 0.15) is 27.8 Å². The van der Waals surface area contributed by atoms with Crippen molar-refractivity contribution in [3.05, 3.63) is 191 Å². The van der Waals surface area contributed by atoms with Gasteiger partial charge in [-0.25, -0.2) is 0 Å². The maximum absolute atomic E-state index is 14.9. The Labute approximate surface area is 350 Å². The zero-order chi connectivity index (χ0) is 43.0. The van der Waals surface area contributed by atoms with E-state index in [-0.39, 0.29) is 80.0 Å². The summed E-state index contributed by atoms with van der Waals surface area (Å²) in [4.78, 5) is 35.2. The molecular formula is C45H30N10O7. The molecule has 0 amide bonds. The van der Waals surface area contributed by atoms with Crippen molar-refractivity contribution in [2.45, 2.75) is 0 Å². The predicted octanol–water partition coefficient (Wildman–Crippen LogP) is 7.46. The molecule has 5 N–H and O–H groups in total. The summed E-state index contributed by atoms with van der Waals surface area (Å²) >= 11 is 0. The van der Waals surface area contributed by atoms with E-state index in [1.165, 1.54) is 73.7 Å². The van der Waals surface area contributed by atoms with Crippen molar-refractivity contribution in [2.75, 3.05) is 0 Å². The van der Waals surface area contributed by atoms with Crippen molar-refractivity contribution in [3.8, 4) is 40.1 Å². The number of fused-ring (bicyclic) bond motifs is 1. The van der Waals surface area contributed by atoms with Gasteiger partial charge in [-0.05, 0) is 78.9 Å². The quantitative estimate of drug-likeness (QED) is 0.0629. The highest BCUT2D eigenvalue weighted by Crippen LogP contribution is 2.40. The normalized spacial score (nSPS) is 10.6. The van der Waals surface area contributed by atoms with Crippen LogP contribution in [0.25, 0.3) is 22.3 Å². The van der Waals surface area contributed by atoms with Crippen molar-refractivity contribution in [1.29, 1.82) is 27.0 Å². The van der Waals surface area contributed by atoms with E-state index in [1.54, 1.807) is 79.3 Å². The lowest BCUT2D eigenvalue weighted by molar-refractivity contribution is 0.478. The molecule has 302 valence electrons. The number of nitrogens with zero attached hydrogens (tertiary/aromatic N) is 5. The summed E-state index contributed by atoms with van der Waals surface area (Å²) in [5.74, 6) is -2.66. The summed E-state index contributed by atoms with van der Waals surface area (Å²) in [6.45, 7) is 0. The second-order valence-corrected chi connectivity index (χ2v) is 12.9. The summed E-state index contributed by atoms with van der Waals surface area (Å²) in [6, 6.07) is 23.2. The Kier molecular flexibility index (Phi) is 11.3. The van der Waals surface area contributed by atoms with Crippen molar-refractivity contribution >= 4 is 40.5 Å². The monoisotopic (exact) mass is 822 g/mol. The van der Waals surface area contributed by atoms with Crippen LogP contribution in [-0.2, 0) is 0 Å². The lowest BCUT2D eigenvalue weighted by Crippen LogP contribution is -2.18. The minimum absolute atomic E-state index is 0.00202. The summed E-state index contributed by atoms with van der Waals surface area (Å²) in [5, 5.41) is 43.4. The molecule has 6 heterocycles. The first-order chi connectivity index (χ1) is 30.2. The number of hydrogen-bond acceptors (Lipinski definition) is 17. The predicted molar refractivity (Wildman–Crippen MR) is 226 cm³/mol. The van der Waals surface area contributed by atoms with Crippen LogP contribution in [0.2, 0.25) is 0 Å². The van der Waals surface area contributed by atoms with Crippen LogP contribution in [0.4, 0.5) is 0 Å². The fraction of sp³-hybridized carbons (Fsp3) is 0. The van der Waals surface area contributed by atoms with Crippen LogP contribution in [0.3, 0.4) is 0 Å². The molecule has 8 rings (SSSR count).